The zero-order valence-corrected chi connectivity index (χ0v) is 11.1. The smallest absolute Gasteiger partial charge is 0.266 e. The molecule has 1 saturated heterocycles. The number of rotatable bonds is 6. The summed E-state index contributed by atoms with van der Waals surface area (Å²) in [7, 11) is 0. The molecule has 0 unspecified atom stereocenters. The third kappa shape index (κ3) is 3.45. The first-order valence-corrected chi connectivity index (χ1v) is 7.02. The fourth-order valence-electron chi connectivity index (χ4n) is 2.49. The maximum absolute atomic E-state index is 8.84. The van der Waals surface area contributed by atoms with Gasteiger partial charge < -0.3 is 14.5 Å². The summed E-state index contributed by atoms with van der Waals surface area (Å²) in [5.74, 6) is 2.24. The predicted molar refractivity (Wildman–Crippen MR) is 69.5 cm³/mol. The molecule has 0 bridgehead atoms. The third-order valence-corrected chi connectivity index (χ3v) is 3.59. The van der Waals surface area contributed by atoms with Gasteiger partial charge >= 0.3 is 0 Å². The molecule has 1 aliphatic heterocycles. The van der Waals surface area contributed by atoms with Gasteiger partial charge in [0.25, 0.3) is 5.95 Å². The summed E-state index contributed by atoms with van der Waals surface area (Å²) in [5.41, 5.74) is 0. The largest absolute Gasteiger partial charge is 0.396 e. The molecule has 0 saturated carbocycles. The Hall–Kier alpha value is -1.10. The second-order valence-corrected chi connectivity index (χ2v) is 5.03. The molecular formula is C13H23N3O2. The Labute approximate surface area is 108 Å². The number of hydrogen-bond acceptors (Lipinski definition) is 5. The molecule has 102 valence electrons. The highest BCUT2D eigenvalue weighted by atomic mass is 16.5. The molecular weight excluding hydrogens is 230 g/mol. The number of aromatic nitrogens is 2. The highest BCUT2D eigenvalue weighted by molar-refractivity contribution is 5.28. The van der Waals surface area contributed by atoms with Crippen molar-refractivity contribution in [3.8, 4) is 0 Å². The first-order chi connectivity index (χ1) is 8.83. The Morgan fingerprint density at radius 1 is 1.39 bits per heavy atom. The Morgan fingerprint density at radius 3 is 2.83 bits per heavy atom. The lowest BCUT2D eigenvalue weighted by atomic mass is 9.92. The van der Waals surface area contributed by atoms with Crippen LogP contribution in [0.2, 0.25) is 0 Å². The average Bonchev–Trinajstić information content (AvgIpc) is 2.86. The third-order valence-electron chi connectivity index (χ3n) is 3.59. The number of aliphatic hydroxyl groups is 1. The van der Waals surface area contributed by atoms with Crippen LogP contribution in [-0.4, -0.2) is 34.9 Å². The monoisotopic (exact) mass is 253 g/mol. The molecule has 0 aromatic carbocycles. The van der Waals surface area contributed by atoms with Crippen molar-refractivity contribution in [2.45, 2.75) is 45.4 Å². The Balaban J connectivity index is 1.81. The highest BCUT2D eigenvalue weighted by Crippen LogP contribution is 2.24. The van der Waals surface area contributed by atoms with Crippen LogP contribution in [0, 0.1) is 5.92 Å². The minimum Gasteiger partial charge on any atom is -0.396 e. The SMILES string of the molecule is CCCc1nc(N2CCC(CCCO)CC2)no1. The van der Waals surface area contributed by atoms with E-state index in [4.69, 9.17) is 9.63 Å². The van der Waals surface area contributed by atoms with E-state index < -0.39 is 0 Å². The van der Waals surface area contributed by atoms with Crippen LogP contribution in [0.25, 0.3) is 0 Å². The van der Waals surface area contributed by atoms with Crippen molar-refractivity contribution in [1.29, 1.82) is 0 Å². The number of piperidine rings is 1. The maximum atomic E-state index is 8.84. The standard InChI is InChI=1S/C13H23N3O2/c1-2-4-12-14-13(15-18-12)16-8-6-11(7-9-16)5-3-10-17/h11,17H,2-10H2,1H3. The van der Waals surface area contributed by atoms with E-state index in [2.05, 4.69) is 22.0 Å². The summed E-state index contributed by atoms with van der Waals surface area (Å²) in [6, 6.07) is 0. The summed E-state index contributed by atoms with van der Waals surface area (Å²) >= 11 is 0. The molecule has 0 spiro atoms. The lowest BCUT2D eigenvalue weighted by Gasteiger charge is -2.30. The summed E-state index contributed by atoms with van der Waals surface area (Å²) in [4.78, 5) is 6.63. The molecule has 2 rings (SSSR count). The van der Waals surface area contributed by atoms with E-state index >= 15 is 0 Å². The summed E-state index contributed by atoms with van der Waals surface area (Å²) in [6.07, 6.45) is 6.28. The topological polar surface area (TPSA) is 62.4 Å². The number of nitrogens with zero attached hydrogens (tertiary/aromatic N) is 3. The zero-order valence-electron chi connectivity index (χ0n) is 11.1. The molecule has 5 heteroatoms. The van der Waals surface area contributed by atoms with Crippen molar-refractivity contribution in [3.63, 3.8) is 0 Å². The number of anilines is 1. The highest BCUT2D eigenvalue weighted by Gasteiger charge is 2.22. The van der Waals surface area contributed by atoms with E-state index in [1.807, 2.05) is 0 Å². The first-order valence-electron chi connectivity index (χ1n) is 7.02. The van der Waals surface area contributed by atoms with Crippen molar-refractivity contribution in [2.24, 2.45) is 5.92 Å². The van der Waals surface area contributed by atoms with Crippen molar-refractivity contribution in [3.05, 3.63) is 5.89 Å². The molecule has 1 aliphatic rings. The molecule has 1 fully saturated rings. The summed E-state index contributed by atoms with van der Waals surface area (Å²) < 4.78 is 5.21. The normalized spacial score (nSPS) is 17.3. The Bertz CT molecular complexity index is 346. The van der Waals surface area contributed by atoms with Crippen LogP contribution < -0.4 is 4.90 Å². The van der Waals surface area contributed by atoms with Crippen LogP contribution in [0.3, 0.4) is 0 Å². The summed E-state index contributed by atoms with van der Waals surface area (Å²) in [5, 5.41) is 12.9. The second-order valence-electron chi connectivity index (χ2n) is 5.03. The van der Waals surface area contributed by atoms with Gasteiger partial charge in [-0.2, -0.15) is 4.98 Å². The van der Waals surface area contributed by atoms with E-state index in [1.54, 1.807) is 0 Å². The van der Waals surface area contributed by atoms with E-state index in [9.17, 15) is 0 Å². The molecule has 0 aliphatic carbocycles. The molecule has 1 aromatic rings. The van der Waals surface area contributed by atoms with Gasteiger partial charge in [0.1, 0.15) is 0 Å². The molecule has 0 radical (unpaired) electrons. The van der Waals surface area contributed by atoms with E-state index in [1.165, 1.54) is 0 Å². The van der Waals surface area contributed by atoms with Gasteiger partial charge in [-0.05, 0) is 43.2 Å². The molecule has 18 heavy (non-hydrogen) atoms. The average molecular weight is 253 g/mol. The zero-order chi connectivity index (χ0) is 12.8. The van der Waals surface area contributed by atoms with Crippen LogP contribution >= 0.6 is 0 Å². The number of aliphatic hydroxyl groups excluding tert-OH is 1. The van der Waals surface area contributed by atoms with Crippen molar-refractivity contribution in [2.75, 3.05) is 24.6 Å². The fourth-order valence-corrected chi connectivity index (χ4v) is 2.49. The van der Waals surface area contributed by atoms with E-state index in [0.29, 0.717) is 6.61 Å². The lowest BCUT2D eigenvalue weighted by molar-refractivity contribution is 0.260. The van der Waals surface area contributed by atoms with Crippen LogP contribution in [0.1, 0.15) is 44.9 Å². The van der Waals surface area contributed by atoms with Gasteiger partial charge in [0.15, 0.2) is 0 Å². The minimum atomic E-state index is 0.311. The van der Waals surface area contributed by atoms with Gasteiger partial charge in [0.05, 0.1) is 0 Å². The molecule has 0 atom stereocenters. The Morgan fingerprint density at radius 2 is 2.17 bits per heavy atom. The number of aryl methyl sites for hydroxylation is 1. The molecule has 0 amide bonds. The van der Waals surface area contributed by atoms with Crippen molar-refractivity contribution < 1.29 is 9.63 Å². The predicted octanol–water partition coefficient (Wildman–Crippen LogP) is 2.01. The van der Waals surface area contributed by atoms with Gasteiger partial charge in [-0.25, -0.2) is 0 Å². The maximum Gasteiger partial charge on any atom is 0.266 e. The minimum absolute atomic E-state index is 0.311. The molecule has 5 nitrogen and oxygen atoms in total. The Kier molecular flexibility index (Phi) is 4.99. The first kappa shape index (κ1) is 13.3. The van der Waals surface area contributed by atoms with Crippen LogP contribution in [0.15, 0.2) is 4.52 Å². The number of hydrogen-bond donors (Lipinski definition) is 1. The lowest BCUT2D eigenvalue weighted by Crippen LogP contribution is -2.34. The molecule has 2 heterocycles. The molecule has 1 aromatic heterocycles. The molecule has 1 N–H and O–H groups in total. The van der Waals surface area contributed by atoms with E-state index in [0.717, 1.165) is 69.4 Å². The van der Waals surface area contributed by atoms with Gasteiger partial charge in [0.2, 0.25) is 5.89 Å². The van der Waals surface area contributed by atoms with Gasteiger partial charge in [-0.15, -0.1) is 0 Å². The quantitative estimate of drug-likeness (QED) is 0.840. The van der Waals surface area contributed by atoms with Gasteiger partial charge in [-0.3, -0.25) is 0 Å². The van der Waals surface area contributed by atoms with Gasteiger partial charge in [-0.1, -0.05) is 6.92 Å². The van der Waals surface area contributed by atoms with Crippen LogP contribution in [0.5, 0.6) is 0 Å². The van der Waals surface area contributed by atoms with Gasteiger partial charge in [0, 0.05) is 26.1 Å². The van der Waals surface area contributed by atoms with E-state index in [-0.39, 0.29) is 0 Å². The van der Waals surface area contributed by atoms with Crippen molar-refractivity contribution >= 4 is 5.95 Å². The van der Waals surface area contributed by atoms with Crippen molar-refractivity contribution in [1.82, 2.24) is 10.1 Å². The fraction of sp³-hybridized carbons (Fsp3) is 0.846. The second kappa shape index (κ2) is 6.73. The summed E-state index contributed by atoms with van der Waals surface area (Å²) in [6.45, 7) is 4.42. The van der Waals surface area contributed by atoms with Crippen LogP contribution in [-0.2, 0) is 6.42 Å². The van der Waals surface area contributed by atoms with Crippen LogP contribution in [0.4, 0.5) is 5.95 Å².